The van der Waals surface area contributed by atoms with E-state index in [1.807, 2.05) is 33.0 Å². The molecule has 3 rings (SSSR count). The van der Waals surface area contributed by atoms with Crippen LogP contribution in [-0.2, 0) is 6.54 Å². The van der Waals surface area contributed by atoms with Gasteiger partial charge in [0.15, 0.2) is 11.5 Å². The fourth-order valence-electron chi connectivity index (χ4n) is 2.84. The Labute approximate surface area is 179 Å². The molecule has 0 spiro atoms. The van der Waals surface area contributed by atoms with Crippen LogP contribution in [0.4, 0.5) is 5.69 Å². The van der Waals surface area contributed by atoms with Crippen LogP contribution in [0.1, 0.15) is 37.8 Å². The van der Waals surface area contributed by atoms with Crippen molar-refractivity contribution < 1.29 is 9.47 Å². The summed E-state index contributed by atoms with van der Waals surface area (Å²) in [6.07, 6.45) is 6.06. The minimum Gasteiger partial charge on any atom is -0.493 e. The second-order valence-corrected chi connectivity index (χ2v) is 7.51. The zero-order valence-corrected chi connectivity index (χ0v) is 18.9. The lowest BCUT2D eigenvalue weighted by Crippen LogP contribution is -2.25. The standard InChI is InChI=1S/C20H25ClN2O2S.C2H6/c1-14-10-22-11-18(21)17(14)12-23(7-8-26)16-5-6-19(24-2)20(9-16)25-13-15-3-4-15;1-2/h5-6,9-11,15,26H,3-4,7-8,12-13H2,1-2H3;1-2H3. The molecule has 0 bridgehead atoms. The van der Waals surface area contributed by atoms with Gasteiger partial charge in [0.25, 0.3) is 0 Å². The number of rotatable bonds is 9. The molecule has 6 heteroatoms. The number of hydrogen-bond acceptors (Lipinski definition) is 5. The summed E-state index contributed by atoms with van der Waals surface area (Å²) in [5, 5.41) is 0.688. The van der Waals surface area contributed by atoms with E-state index in [-0.39, 0.29) is 0 Å². The van der Waals surface area contributed by atoms with Gasteiger partial charge in [-0.05, 0) is 48.9 Å². The van der Waals surface area contributed by atoms with Gasteiger partial charge in [0.1, 0.15) is 0 Å². The van der Waals surface area contributed by atoms with Crippen molar-refractivity contribution in [1.29, 1.82) is 0 Å². The van der Waals surface area contributed by atoms with Crippen LogP contribution in [-0.4, -0.2) is 31.0 Å². The van der Waals surface area contributed by atoms with Gasteiger partial charge in [-0.1, -0.05) is 25.4 Å². The highest BCUT2D eigenvalue weighted by atomic mass is 35.5. The fourth-order valence-corrected chi connectivity index (χ4v) is 3.34. The maximum atomic E-state index is 6.38. The summed E-state index contributed by atoms with van der Waals surface area (Å²) in [5.74, 6) is 2.98. The van der Waals surface area contributed by atoms with E-state index in [2.05, 4.69) is 34.6 Å². The van der Waals surface area contributed by atoms with E-state index < -0.39 is 0 Å². The van der Waals surface area contributed by atoms with Gasteiger partial charge in [-0.3, -0.25) is 4.98 Å². The molecular weight excluding hydrogens is 392 g/mol. The van der Waals surface area contributed by atoms with Gasteiger partial charge in [0, 0.05) is 43.0 Å². The second-order valence-electron chi connectivity index (χ2n) is 6.65. The van der Waals surface area contributed by atoms with Crippen molar-refractivity contribution in [2.45, 2.75) is 40.2 Å². The molecule has 0 amide bonds. The Hall–Kier alpha value is -1.59. The van der Waals surface area contributed by atoms with Gasteiger partial charge < -0.3 is 14.4 Å². The zero-order chi connectivity index (χ0) is 20.5. The molecule has 0 saturated heterocycles. The molecule has 28 heavy (non-hydrogen) atoms. The summed E-state index contributed by atoms with van der Waals surface area (Å²) in [5.41, 5.74) is 3.23. The summed E-state index contributed by atoms with van der Waals surface area (Å²) < 4.78 is 11.5. The largest absolute Gasteiger partial charge is 0.493 e. The topological polar surface area (TPSA) is 34.6 Å². The molecule has 1 aromatic heterocycles. The SMILES string of the molecule is CC.COc1ccc(N(CCS)Cc2c(C)cncc2Cl)cc1OCC1CC1. The van der Waals surface area contributed by atoms with Crippen LogP contribution in [0.3, 0.4) is 0 Å². The molecule has 0 atom stereocenters. The van der Waals surface area contributed by atoms with Gasteiger partial charge in [-0.2, -0.15) is 12.6 Å². The third kappa shape index (κ3) is 6.21. The third-order valence-corrected chi connectivity index (χ3v) is 5.15. The highest BCUT2D eigenvalue weighted by Gasteiger charge is 2.23. The van der Waals surface area contributed by atoms with Crippen molar-refractivity contribution in [2.24, 2.45) is 5.92 Å². The van der Waals surface area contributed by atoms with Crippen molar-refractivity contribution in [1.82, 2.24) is 4.98 Å². The molecule has 1 fully saturated rings. The lowest BCUT2D eigenvalue weighted by atomic mass is 10.1. The molecular formula is C22H31ClN2O2S. The van der Waals surface area contributed by atoms with E-state index in [0.29, 0.717) is 17.5 Å². The Balaban J connectivity index is 0.00000136. The normalized spacial score (nSPS) is 12.8. The van der Waals surface area contributed by atoms with Gasteiger partial charge in [-0.25, -0.2) is 0 Å². The molecule has 2 aromatic rings. The van der Waals surface area contributed by atoms with E-state index >= 15 is 0 Å². The van der Waals surface area contributed by atoms with Crippen molar-refractivity contribution in [3.8, 4) is 11.5 Å². The number of benzene rings is 1. The molecule has 0 radical (unpaired) electrons. The molecule has 4 nitrogen and oxygen atoms in total. The number of anilines is 1. The minimum absolute atomic E-state index is 0.688. The first-order valence-electron chi connectivity index (χ1n) is 9.88. The second kappa shape index (κ2) is 11.4. The van der Waals surface area contributed by atoms with Gasteiger partial charge in [0.2, 0.25) is 0 Å². The Morgan fingerprint density at radius 1 is 1.21 bits per heavy atom. The number of pyridine rings is 1. The number of aromatic nitrogens is 1. The summed E-state index contributed by atoms with van der Waals surface area (Å²) in [4.78, 5) is 6.41. The maximum absolute atomic E-state index is 6.38. The summed E-state index contributed by atoms with van der Waals surface area (Å²) in [6, 6.07) is 6.07. The molecule has 0 unspecified atom stereocenters. The number of methoxy groups -OCH3 is 1. The van der Waals surface area contributed by atoms with Gasteiger partial charge in [-0.15, -0.1) is 0 Å². The van der Waals surface area contributed by atoms with Crippen LogP contribution in [0.2, 0.25) is 5.02 Å². The number of nitrogens with zero attached hydrogens (tertiary/aromatic N) is 2. The van der Waals surface area contributed by atoms with Crippen molar-refractivity contribution in [2.75, 3.05) is 30.9 Å². The van der Waals surface area contributed by atoms with Crippen LogP contribution in [0.5, 0.6) is 11.5 Å². The Morgan fingerprint density at radius 3 is 2.57 bits per heavy atom. The Kier molecular flexibility index (Phi) is 9.26. The predicted octanol–water partition coefficient (Wildman–Crippen LogP) is 5.80. The summed E-state index contributed by atoms with van der Waals surface area (Å²) >= 11 is 10.8. The summed E-state index contributed by atoms with van der Waals surface area (Å²) in [6.45, 7) is 8.28. The van der Waals surface area contributed by atoms with Crippen LogP contribution in [0.15, 0.2) is 30.6 Å². The van der Waals surface area contributed by atoms with Crippen LogP contribution in [0.25, 0.3) is 0 Å². The molecule has 154 valence electrons. The number of halogens is 1. The molecule has 1 heterocycles. The van der Waals surface area contributed by atoms with Crippen LogP contribution < -0.4 is 14.4 Å². The van der Waals surface area contributed by atoms with E-state index in [4.69, 9.17) is 21.1 Å². The third-order valence-electron chi connectivity index (χ3n) is 4.62. The highest BCUT2D eigenvalue weighted by molar-refractivity contribution is 7.80. The minimum atomic E-state index is 0.688. The van der Waals surface area contributed by atoms with Gasteiger partial charge in [0.05, 0.1) is 18.7 Å². The van der Waals surface area contributed by atoms with E-state index in [9.17, 15) is 0 Å². The average molecular weight is 423 g/mol. The monoisotopic (exact) mass is 422 g/mol. The molecule has 1 aliphatic rings. The van der Waals surface area contributed by atoms with E-state index in [1.165, 1.54) is 12.8 Å². The lowest BCUT2D eigenvalue weighted by molar-refractivity contribution is 0.280. The molecule has 0 aliphatic heterocycles. The van der Waals surface area contributed by atoms with Crippen LogP contribution >= 0.6 is 24.2 Å². The molecule has 1 saturated carbocycles. The van der Waals surface area contributed by atoms with Gasteiger partial charge >= 0.3 is 0 Å². The van der Waals surface area contributed by atoms with Crippen molar-refractivity contribution >= 4 is 29.9 Å². The Bertz CT molecular complexity index is 733. The smallest absolute Gasteiger partial charge is 0.163 e. The van der Waals surface area contributed by atoms with E-state index in [0.717, 1.165) is 47.2 Å². The molecule has 0 N–H and O–H groups in total. The first-order valence-corrected chi connectivity index (χ1v) is 10.9. The number of thiol groups is 1. The average Bonchev–Trinajstić information content (AvgIpc) is 3.54. The zero-order valence-electron chi connectivity index (χ0n) is 17.2. The quantitative estimate of drug-likeness (QED) is 0.517. The first kappa shape index (κ1) is 22.7. The number of hydrogen-bond donors (Lipinski definition) is 1. The predicted molar refractivity (Wildman–Crippen MR) is 121 cm³/mol. The van der Waals surface area contributed by atoms with Crippen molar-refractivity contribution in [3.05, 3.63) is 46.7 Å². The Morgan fingerprint density at radius 2 is 1.96 bits per heavy atom. The first-order chi connectivity index (χ1) is 13.6. The number of ether oxygens (including phenoxy) is 2. The van der Waals surface area contributed by atoms with E-state index in [1.54, 1.807) is 13.3 Å². The number of aryl methyl sites for hydroxylation is 1. The fraction of sp³-hybridized carbons (Fsp3) is 0.500. The van der Waals surface area contributed by atoms with Crippen molar-refractivity contribution in [3.63, 3.8) is 0 Å². The van der Waals surface area contributed by atoms with Crippen LogP contribution in [0, 0.1) is 12.8 Å². The highest BCUT2D eigenvalue weighted by Crippen LogP contribution is 2.36. The molecule has 1 aliphatic carbocycles. The lowest BCUT2D eigenvalue weighted by Gasteiger charge is -2.26. The molecule has 1 aromatic carbocycles. The summed E-state index contributed by atoms with van der Waals surface area (Å²) in [7, 11) is 1.67. The maximum Gasteiger partial charge on any atom is 0.163 e.